The van der Waals surface area contributed by atoms with Crippen LogP contribution in [0.4, 0.5) is 0 Å². The molecule has 0 spiro atoms. The van der Waals surface area contributed by atoms with Crippen molar-refractivity contribution >= 4 is 11.0 Å². The summed E-state index contributed by atoms with van der Waals surface area (Å²) in [6.07, 6.45) is 13.2. The Balaban J connectivity index is 1.15. The van der Waals surface area contributed by atoms with Gasteiger partial charge in [-0.05, 0) is 25.0 Å². The number of imidazole rings is 1. The lowest BCUT2D eigenvalue weighted by molar-refractivity contribution is -0.0912. The first-order valence-electron chi connectivity index (χ1n) is 10.0. The Labute approximate surface area is 151 Å². The van der Waals surface area contributed by atoms with Crippen molar-refractivity contribution in [3.05, 3.63) is 30.1 Å². The summed E-state index contributed by atoms with van der Waals surface area (Å²) in [7, 11) is 0. The second kappa shape index (κ2) is 10.6. The number of aromatic amines is 1. The zero-order chi connectivity index (χ0) is 17.2. The SMILES string of the molecule is c1ccc2[nH]c(CCCCCCCCCC[C@@H]3COCCO3)nc2c1. The monoisotopic (exact) mass is 344 g/mol. The molecule has 138 valence electrons. The number of nitrogens with one attached hydrogen (secondary N) is 1. The maximum absolute atomic E-state index is 5.67. The quantitative estimate of drug-likeness (QED) is 0.581. The van der Waals surface area contributed by atoms with Gasteiger partial charge in [0.25, 0.3) is 0 Å². The van der Waals surface area contributed by atoms with Crippen LogP contribution < -0.4 is 0 Å². The molecule has 2 heterocycles. The number of H-pyrrole nitrogens is 1. The van der Waals surface area contributed by atoms with Gasteiger partial charge >= 0.3 is 0 Å². The van der Waals surface area contributed by atoms with Gasteiger partial charge in [0.2, 0.25) is 0 Å². The predicted molar refractivity (Wildman–Crippen MR) is 102 cm³/mol. The van der Waals surface area contributed by atoms with Crippen molar-refractivity contribution in [3.63, 3.8) is 0 Å². The van der Waals surface area contributed by atoms with Gasteiger partial charge in [-0.3, -0.25) is 0 Å². The summed E-state index contributed by atoms with van der Waals surface area (Å²) in [6, 6.07) is 8.27. The highest BCUT2D eigenvalue weighted by Crippen LogP contribution is 2.15. The fraction of sp³-hybridized carbons (Fsp3) is 0.667. The van der Waals surface area contributed by atoms with Crippen LogP contribution in [-0.4, -0.2) is 35.9 Å². The van der Waals surface area contributed by atoms with Gasteiger partial charge in [0.15, 0.2) is 0 Å². The molecule has 4 heteroatoms. The number of ether oxygens (including phenoxy) is 2. The van der Waals surface area contributed by atoms with Gasteiger partial charge < -0.3 is 14.5 Å². The molecule has 1 aliphatic heterocycles. The van der Waals surface area contributed by atoms with Gasteiger partial charge in [0.1, 0.15) is 5.82 Å². The number of hydrogen-bond donors (Lipinski definition) is 1. The van der Waals surface area contributed by atoms with E-state index < -0.39 is 0 Å². The van der Waals surface area contributed by atoms with E-state index in [-0.39, 0.29) is 0 Å². The molecule has 1 aromatic carbocycles. The van der Waals surface area contributed by atoms with E-state index in [0.717, 1.165) is 49.5 Å². The Bertz CT molecular complexity index is 572. The average molecular weight is 344 g/mol. The van der Waals surface area contributed by atoms with Crippen LogP contribution in [0.3, 0.4) is 0 Å². The zero-order valence-electron chi connectivity index (χ0n) is 15.3. The second-order valence-electron chi connectivity index (χ2n) is 7.14. The molecule has 4 nitrogen and oxygen atoms in total. The predicted octanol–water partition coefficient (Wildman–Crippen LogP) is 5.03. The Morgan fingerprint density at radius 2 is 1.68 bits per heavy atom. The highest BCUT2D eigenvalue weighted by atomic mass is 16.6. The number of hydrogen-bond acceptors (Lipinski definition) is 3. The van der Waals surface area contributed by atoms with Crippen LogP contribution in [-0.2, 0) is 15.9 Å². The third kappa shape index (κ3) is 6.44. The van der Waals surface area contributed by atoms with E-state index in [0.29, 0.717) is 6.10 Å². The van der Waals surface area contributed by atoms with Crippen LogP contribution in [0, 0.1) is 0 Å². The maximum atomic E-state index is 5.67. The van der Waals surface area contributed by atoms with E-state index in [1.807, 2.05) is 6.07 Å². The molecule has 0 aliphatic carbocycles. The van der Waals surface area contributed by atoms with Crippen LogP contribution in [0.15, 0.2) is 24.3 Å². The van der Waals surface area contributed by atoms with E-state index in [2.05, 4.69) is 28.2 Å². The summed E-state index contributed by atoms with van der Waals surface area (Å²) in [6.45, 7) is 2.34. The van der Waals surface area contributed by atoms with Crippen LogP contribution >= 0.6 is 0 Å². The Hall–Kier alpha value is -1.39. The molecule has 1 N–H and O–H groups in total. The summed E-state index contributed by atoms with van der Waals surface area (Å²) in [5, 5.41) is 0. The van der Waals surface area contributed by atoms with E-state index >= 15 is 0 Å². The van der Waals surface area contributed by atoms with Crippen molar-refractivity contribution in [1.29, 1.82) is 0 Å². The molecule has 1 fully saturated rings. The Morgan fingerprint density at radius 1 is 0.920 bits per heavy atom. The minimum absolute atomic E-state index is 0.354. The van der Waals surface area contributed by atoms with Crippen molar-refractivity contribution in [3.8, 4) is 0 Å². The molecular weight excluding hydrogens is 312 g/mol. The van der Waals surface area contributed by atoms with Gasteiger partial charge in [-0.2, -0.15) is 0 Å². The first kappa shape index (κ1) is 18.4. The summed E-state index contributed by atoms with van der Waals surface area (Å²) in [5.74, 6) is 1.13. The van der Waals surface area contributed by atoms with Gasteiger partial charge in [-0.15, -0.1) is 0 Å². The topological polar surface area (TPSA) is 47.1 Å². The Kier molecular flexibility index (Phi) is 7.78. The largest absolute Gasteiger partial charge is 0.376 e. The maximum Gasteiger partial charge on any atom is 0.107 e. The highest BCUT2D eigenvalue weighted by Gasteiger charge is 2.13. The molecule has 0 unspecified atom stereocenters. The minimum Gasteiger partial charge on any atom is -0.376 e. The fourth-order valence-corrected chi connectivity index (χ4v) is 3.55. The molecule has 0 bridgehead atoms. The van der Waals surface area contributed by atoms with Gasteiger partial charge in [0.05, 0.1) is 37.0 Å². The molecule has 1 aliphatic rings. The number of rotatable bonds is 11. The summed E-state index contributed by atoms with van der Waals surface area (Å²) >= 11 is 0. The summed E-state index contributed by atoms with van der Waals surface area (Å²) in [4.78, 5) is 8.06. The Morgan fingerprint density at radius 3 is 2.44 bits per heavy atom. The number of aromatic nitrogens is 2. The van der Waals surface area contributed by atoms with Crippen LogP contribution in [0.1, 0.15) is 63.6 Å². The molecule has 0 saturated carbocycles. The standard InChI is InChI=1S/C21H32N2O2/c1(3-5-7-11-18-17-24-15-16-25-18)2-4-6-8-14-21-22-19-12-9-10-13-20(19)23-21/h9-10,12-13,18H,1-8,11,14-17H2,(H,22,23)/t18-/m1/s1. The lowest BCUT2D eigenvalue weighted by atomic mass is 10.0. The van der Waals surface area contributed by atoms with E-state index in [1.165, 1.54) is 51.4 Å². The average Bonchev–Trinajstić information content (AvgIpc) is 3.07. The smallest absolute Gasteiger partial charge is 0.107 e. The molecule has 25 heavy (non-hydrogen) atoms. The number of aryl methyl sites for hydroxylation is 1. The molecule has 3 rings (SSSR count). The summed E-state index contributed by atoms with van der Waals surface area (Å²) in [5.41, 5.74) is 2.24. The number of nitrogens with zero attached hydrogens (tertiary/aromatic N) is 1. The molecule has 0 amide bonds. The van der Waals surface area contributed by atoms with Gasteiger partial charge in [0, 0.05) is 6.42 Å². The minimum atomic E-state index is 0.354. The van der Waals surface area contributed by atoms with Gasteiger partial charge in [-0.25, -0.2) is 4.98 Å². The number of unbranched alkanes of at least 4 members (excludes halogenated alkanes) is 7. The van der Waals surface area contributed by atoms with E-state index in [9.17, 15) is 0 Å². The van der Waals surface area contributed by atoms with Crippen molar-refractivity contribution in [1.82, 2.24) is 9.97 Å². The molecule has 1 atom stereocenters. The fourth-order valence-electron chi connectivity index (χ4n) is 3.55. The number of para-hydroxylation sites is 2. The van der Waals surface area contributed by atoms with Gasteiger partial charge in [-0.1, -0.05) is 57.1 Å². The molecule has 0 radical (unpaired) electrons. The third-order valence-corrected chi connectivity index (χ3v) is 5.01. The molecule has 1 saturated heterocycles. The lowest BCUT2D eigenvalue weighted by Gasteiger charge is -2.22. The van der Waals surface area contributed by atoms with Crippen LogP contribution in [0.2, 0.25) is 0 Å². The second-order valence-corrected chi connectivity index (χ2v) is 7.14. The first-order chi connectivity index (χ1) is 12.4. The van der Waals surface area contributed by atoms with Crippen molar-refractivity contribution < 1.29 is 9.47 Å². The van der Waals surface area contributed by atoms with Crippen LogP contribution in [0.5, 0.6) is 0 Å². The molecule has 2 aromatic rings. The van der Waals surface area contributed by atoms with Crippen molar-refractivity contribution in [2.24, 2.45) is 0 Å². The normalized spacial score (nSPS) is 18.0. The number of benzene rings is 1. The first-order valence-corrected chi connectivity index (χ1v) is 10.0. The number of fused-ring (bicyclic) bond motifs is 1. The lowest BCUT2D eigenvalue weighted by Crippen LogP contribution is -2.28. The summed E-state index contributed by atoms with van der Waals surface area (Å²) < 4.78 is 11.1. The van der Waals surface area contributed by atoms with Crippen molar-refractivity contribution in [2.75, 3.05) is 19.8 Å². The molecular formula is C21H32N2O2. The van der Waals surface area contributed by atoms with Crippen LogP contribution in [0.25, 0.3) is 11.0 Å². The third-order valence-electron chi connectivity index (χ3n) is 5.01. The molecule has 1 aromatic heterocycles. The van der Waals surface area contributed by atoms with E-state index in [1.54, 1.807) is 0 Å². The highest BCUT2D eigenvalue weighted by molar-refractivity contribution is 5.74. The zero-order valence-corrected chi connectivity index (χ0v) is 15.3. The van der Waals surface area contributed by atoms with Crippen molar-refractivity contribution in [2.45, 2.75) is 70.3 Å². The van der Waals surface area contributed by atoms with E-state index in [4.69, 9.17) is 9.47 Å².